The average molecular weight is 438 g/mol. The van der Waals surface area contributed by atoms with Crippen LogP contribution in [0.15, 0.2) is 34.2 Å². The summed E-state index contributed by atoms with van der Waals surface area (Å²) in [4.78, 5) is 28.8. The first-order valence-electron chi connectivity index (χ1n) is 8.51. The molecule has 1 amide bonds. The van der Waals surface area contributed by atoms with Gasteiger partial charge in [-0.05, 0) is 38.1 Å². The summed E-state index contributed by atoms with van der Waals surface area (Å²) in [7, 11) is -2.19. The predicted molar refractivity (Wildman–Crippen MR) is 106 cm³/mol. The van der Waals surface area contributed by atoms with Gasteiger partial charge in [-0.2, -0.15) is 10.1 Å². The van der Waals surface area contributed by atoms with Crippen LogP contribution in [0, 0.1) is 6.92 Å². The quantitative estimate of drug-likeness (QED) is 0.583. The number of thiazole rings is 1. The molecule has 0 aliphatic rings. The molecule has 0 atom stereocenters. The predicted octanol–water partition coefficient (Wildman–Crippen LogP) is 0.696. The SMILES string of the molecule is CCOC(=O)Cn1c(=NC(=O)c2cc(C)n(C)n2)sc2cc(S(N)(=O)=O)ccc21. The fraction of sp³-hybridized carbons (Fsp3) is 0.294. The van der Waals surface area contributed by atoms with E-state index in [2.05, 4.69) is 10.1 Å². The topological polar surface area (TPSA) is 139 Å². The molecule has 0 saturated heterocycles. The number of carbonyl (C=O) groups excluding carboxylic acids is 2. The van der Waals surface area contributed by atoms with Crippen LogP contribution in [0.25, 0.3) is 10.2 Å². The molecule has 0 radical (unpaired) electrons. The van der Waals surface area contributed by atoms with Crippen LogP contribution in [0.3, 0.4) is 0 Å². The molecule has 154 valence electrons. The minimum Gasteiger partial charge on any atom is -0.465 e. The van der Waals surface area contributed by atoms with Gasteiger partial charge >= 0.3 is 5.97 Å². The molecule has 3 aromatic rings. The summed E-state index contributed by atoms with van der Waals surface area (Å²) in [5.74, 6) is -1.09. The number of primary sulfonamides is 1. The maximum Gasteiger partial charge on any atom is 0.326 e. The maximum absolute atomic E-state index is 12.6. The third kappa shape index (κ3) is 4.44. The van der Waals surface area contributed by atoms with Gasteiger partial charge < -0.3 is 9.30 Å². The van der Waals surface area contributed by atoms with Crippen molar-refractivity contribution >= 4 is 43.5 Å². The number of hydrogen-bond acceptors (Lipinski definition) is 7. The maximum atomic E-state index is 12.6. The van der Waals surface area contributed by atoms with Gasteiger partial charge in [0.2, 0.25) is 10.0 Å². The second-order valence-electron chi connectivity index (χ2n) is 6.16. The first-order valence-corrected chi connectivity index (χ1v) is 10.9. The number of ether oxygens (including phenoxy) is 1. The Kier molecular flexibility index (Phi) is 5.68. The smallest absolute Gasteiger partial charge is 0.326 e. The molecule has 3 rings (SSSR count). The standard InChI is InChI=1S/C17H19N5O5S2/c1-4-27-15(23)9-22-13-6-5-11(29(18,25)26)8-14(13)28-17(22)19-16(24)12-7-10(2)21(3)20-12/h5-8H,4,9H2,1-3H3,(H2,18,25,26). The molecule has 0 unspecified atom stereocenters. The summed E-state index contributed by atoms with van der Waals surface area (Å²) in [6.45, 7) is 3.51. The number of esters is 1. The van der Waals surface area contributed by atoms with Gasteiger partial charge in [-0.1, -0.05) is 11.3 Å². The summed E-state index contributed by atoms with van der Waals surface area (Å²) in [6.07, 6.45) is 0. The second kappa shape index (κ2) is 7.89. The lowest BCUT2D eigenvalue weighted by Gasteiger charge is -2.05. The minimum absolute atomic E-state index is 0.0761. The van der Waals surface area contributed by atoms with Gasteiger partial charge in [-0.3, -0.25) is 14.3 Å². The van der Waals surface area contributed by atoms with Gasteiger partial charge in [0.05, 0.1) is 21.7 Å². The van der Waals surface area contributed by atoms with Gasteiger partial charge in [-0.25, -0.2) is 13.6 Å². The molecule has 2 N–H and O–H groups in total. The number of rotatable bonds is 5. The Morgan fingerprint density at radius 1 is 1.31 bits per heavy atom. The van der Waals surface area contributed by atoms with Crippen molar-refractivity contribution in [1.82, 2.24) is 14.3 Å². The highest BCUT2D eigenvalue weighted by atomic mass is 32.2. The summed E-state index contributed by atoms with van der Waals surface area (Å²) in [6, 6.07) is 5.83. The van der Waals surface area contributed by atoms with Crippen molar-refractivity contribution in [3.8, 4) is 0 Å². The highest BCUT2D eigenvalue weighted by Gasteiger charge is 2.17. The van der Waals surface area contributed by atoms with Gasteiger partial charge in [0.25, 0.3) is 5.91 Å². The van der Waals surface area contributed by atoms with E-state index in [0.717, 1.165) is 17.0 Å². The normalized spacial score (nSPS) is 12.5. The van der Waals surface area contributed by atoms with Crippen molar-refractivity contribution in [2.45, 2.75) is 25.3 Å². The number of sulfonamides is 1. The molecular formula is C17H19N5O5S2. The monoisotopic (exact) mass is 437 g/mol. The molecule has 2 heterocycles. The summed E-state index contributed by atoms with van der Waals surface area (Å²) >= 11 is 1.06. The number of benzene rings is 1. The molecule has 0 fully saturated rings. The van der Waals surface area contributed by atoms with Crippen LogP contribution < -0.4 is 9.94 Å². The summed E-state index contributed by atoms with van der Waals surface area (Å²) < 4.78 is 31.8. The molecule has 10 nitrogen and oxygen atoms in total. The minimum atomic E-state index is -3.90. The van der Waals surface area contributed by atoms with E-state index < -0.39 is 21.9 Å². The van der Waals surface area contributed by atoms with Crippen LogP contribution in [-0.4, -0.2) is 41.2 Å². The van der Waals surface area contributed by atoms with E-state index in [1.807, 2.05) is 0 Å². The fourth-order valence-electron chi connectivity index (χ4n) is 2.61. The molecule has 29 heavy (non-hydrogen) atoms. The Hall–Kier alpha value is -2.83. The lowest BCUT2D eigenvalue weighted by Crippen LogP contribution is -2.23. The highest BCUT2D eigenvalue weighted by molar-refractivity contribution is 7.89. The Morgan fingerprint density at radius 2 is 2.03 bits per heavy atom. The van der Waals surface area contributed by atoms with Gasteiger partial charge in [0.1, 0.15) is 6.54 Å². The molecule has 0 saturated carbocycles. The van der Waals surface area contributed by atoms with Crippen LogP contribution in [-0.2, 0) is 33.1 Å². The molecule has 0 bridgehead atoms. The highest BCUT2D eigenvalue weighted by Crippen LogP contribution is 2.21. The Morgan fingerprint density at radius 3 is 2.62 bits per heavy atom. The lowest BCUT2D eigenvalue weighted by molar-refractivity contribution is -0.143. The summed E-state index contributed by atoms with van der Waals surface area (Å²) in [5.41, 5.74) is 1.48. The van der Waals surface area contributed by atoms with Crippen molar-refractivity contribution in [2.24, 2.45) is 17.2 Å². The zero-order valence-electron chi connectivity index (χ0n) is 15.9. The van der Waals surface area contributed by atoms with Crippen LogP contribution in [0.2, 0.25) is 0 Å². The Labute approximate surface area is 170 Å². The van der Waals surface area contributed by atoms with E-state index >= 15 is 0 Å². The van der Waals surface area contributed by atoms with Crippen LogP contribution in [0.1, 0.15) is 23.1 Å². The number of carbonyl (C=O) groups is 2. The number of amides is 1. The first-order chi connectivity index (χ1) is 13.6. The van der Waals surface area contributed by atoms with Crippen molar-refractivity contribution in [1.29, 1.82) is 0 Å². The van der Waals surface area contributed by atoms with Crippen molar-refractivity contribution < 1.29 is 22.7 Å². The van der Waals surface area contributed by atoms with Gasteiger partial charge in [0, 0.05) is 12.7 Å². The third-order valence-corrected chi connectivity index (χ3v) is 6.06. The van der Waals surface area contributed by atoms with Crippen LogP contribution in [0.4, 0.5) is 0 Å². The number of nitrogens with two attached hydrogens (primary N) is 1. The van der Waals surface area contributed by atoms with Crippen molar-refractivity contribution in [3.63, 3.8) is 0 Å². The Bertz CT molecular complexity index is 1260. The Balaban J connectivity index is 2.17. The van der Waals surface area contributed by atoms with E-state index in [4.69, 9.17) is 9.88 Å². The zero-order valence-corrected chi connectivity index (χ0v) is 17.6. The number of fused-ring (bicyclic) bond motifs is 1. The van der Waals surface area contributed by atoms with Crippen molar-refractivity contribution in [2.75, 3.05) is 6.61 Å². The van der Waals surface area contributed by atoms with E-state index in [-0.39, 0.29) is 28.5 Å². The molecule has 0 spiro atoms. The number of aromatic nitrogens is 3. The first kappa shape index (κ1) is 20.9. The third-order valence-electron chi connectivity index (χ3n) is 4.11. The largest absolute Gasteiger partial charge is 0.465 e. The summed E-state index contributed by atoms with van der Waals surface area (Å²) in [5, 5.41) is 9.30. The number of hydrogen-bond donors (Lipinski definition) is 1. The lowest BCUT2D eigenvalue weighted by atomic mass is 10.3. The fourth-order valence-corrected chi connectivity index (χ4v) is 4.30. The molecule has 12 heteroatoms. The molecule has 1 aromatic carbocycles. The van der Waals surface area contributed by atoms with E-state index in [1.54, 1.807) is 31.6 Å². The molecular weight excluding hydrogens is 418 g/mol. The molecule has 0 aliphatic heterocycles. The number of nitrogens with zero attached hydrogens (tertiary/aromatic N) is 4. The van der Waals surface area contributed by atoms with E-state index in [1.165, 1.54) is 22.8 Å². The van der Waals surface area contributed by atoms with E-state index in [9.17, 15) is 18.0 Å². The van der Waals surface area contributed by atoms with Crippen molar-refractivity contribution in [3.05, 3.63) is 40.5 Å². The zero-order chi connectivity index (χ0) is 21.3. The second-order valence-corrected chi connectivity index (χ2v) is 8.73. The molecule has 0 aliphatic carbocycles. The molecule has 2 aromatic heterocycles. The van der Waals surface area contributed by atoms with Gasteiger partial charge in [0.15, 0.2) is 10.5 Å². The van der Waals surface area contributed by atoms with Gasteiger partial charge in [-0.15, -0.1) is 0 Å². The number of aryl methyl sites for hydroxylation is 2. The van der Waals surface area contributed by atoms with Crippen LogP contribution in [0.5, 0.6) is 0 Å². The van der Waals surface area contributed by atoms with E-state index in [0.29, 0.717) is 10.2 Å². The van der Waals surface area contributed by atoms with Crippen LogP contribution >= 0.6 is 11.3 Å². The average Bonchev–Trinajstić information content (AvgIpc) is 3.14.